The number of carbonyl (C=O) groups is 1. The lowest BCUT2D eigenvalue weighted by Gasteiger charge is -2.20. The number of hydrogen-bond acceptors (Lipinski definition) is 3. The molecule has 0 aliphatic carbocycles. The molecule has 0 unspecified atom stereocenters. The van der Waals surface area contributed by atoms with Gasteiger partial charge in [-0.2, -0.15) is 0 Å². The quantitative estimate of drug-likeness (QED) is 0.398. The first-order chi connectivity index (χ1) is 14.4. The SMILES string of the molecule is CC[C@H](C(=O)NCCOC)n1c(Cc2c(Cl)cccc2Cl)nc2cc(Cl)c(Cl)cc21. The Balaban J connectivity index is 2.13. The van der Waals surface area contributed by atoms with Crippen molar-refractivity contribution < 1.29 is 9.53 Å². The standard InChI is InChI=1S/C21H21Cl4N3O2/c1-3-18(21(29)26-7-8-30-2)28-19-11-16(25)15(24)10-17(19)27-20(28)9-12-13(22)5-4-6-14(12)23/h4-6,10-11,18H,3,7-9H2,1-2H3,(H,26,29)/t18-/m1/s1. The van der Waals surface area contributed by atoms with Crippen molar-refractivity contribution in [1.29, 1.82) is 0 Å². The number of nitrogens with one attached hydrogen (secondary N) is 1. The highest BCUT2D eigenvalue weighted by Gasteiger charge is 2.25. The second-order valence-corrected chi connectivity index (χ2v) is 8.37. The number of fused-ring (bicyclic) bond motifs is 1. The third-order valence-corrected chi connectivity index (χ3v) is 6.24. The Morgan fingerprint density at radius 1 is 1.13 bits per heavy atom. The van der Waals surface area contributed by atoms with E-state index in [1.165, 1.54) is 0 Å². The maximum Gasteiger partial charge on any atom is 0.243 e. The Bertz CT molecular complexity index is 1050. The van der Waals surface area contributed by atoms with Gasteiger partial charge in [0.1, 0.15) is 11.9 Å². The van der Waals surface area contributed by atoms with Crippen molar-refractivity contribution in [2.24, 2.45) is 0 Å². The molecule has 1 aromatic heterocycles. The molecule has 0 saturated carbocycles. The first-order valence-electron chi connectivity index (χ1n) is 9.42. The van der Waals surface area contributed by atoms with E-state index in [2.05, 4.69) is 5.32 Å². The van der Waals surface area contributed by atoms with Crippen LogP contribution in [0.15, 0.2) is 30.3 Å². The molecule has 0 radical (unpaired) electrons. The lowest BCUT2D eigenvalue weighted by Crippen LogP contribution is -2.35. The van der Waals surface area contributed by atoms with Crippen LogP contribution < -0.4 is 5.32 Å². The van der Waals surface area contributed by atoms with Crippen molar-refractivity contribution >= 4 is 63.3 Å². The predicted molar refractivity (Wildman–Crippen MR) is 123 cm³/mol. The van der Waals surface area contributed by atoms with E-state index >= 15 is 0 Å². The van der Waals surface area contributed by atoms with Crippen molar-refractivity contribution in [2.75, 3.05) is 20.3 Å². The van der Waals surface area contributed by atoms with Crippen LogP contribution >= 0.6 is 46.4 Å². The molecule has 9 heteroatoms. The minimum atomic E-state index is -0.500. The molecule has 1 atom stereocenters. The van der Waals surface area contributed by atoms with Crippen molar-refractivity contribution in [2.45, 2.75) is 25.8 Å². The number of imidazole rings is 1. The number of aromatic nitrogens is 2. The maximum atomic E-state index is 13.0. The molecule has 30 heavy (non-hydrogen) atoms. The van der Waals surface area contributed by atoms with Crippen molar-refractivity contribution in [3.8, 4) is 0 Å². The molecular weight excluding hydrogens is 468 g/mol. The predicted octanol–water partition coefficient (Wildman–Crippen LogP) is 5.95. The van der Waals surface area contributed by atoms with Crippen molar-refractivity contribution in [3.05, 3.63) is 61.8 Å². The number of carbonyl (C=O) groups excluding carboxylic acids is 1. The number of halogens is 4. The van der Waals surface area contributed by atoms with E-state index in [0.29, 0.717) is 57.4 Å². The van der Waals surface area contributed by atoms with Gasteiger partial charge in [0.25, 0.3) is 0 Å². The lowest BCUT2D eigenvalue weighted by molar-refractivity contribution is -0.124. The highest BCUT2D eigenvalue weighted by Crippen LogP contribution is 2.33. The van der Waals surface area contributed by atoms with Gasteiger partial charge in [-0.3, -0.25) is 4.79 Å². The van der Waals surface area contributed by atoms with Gasteiger partial charge in [-0.25, -0.2) is 4.98 Å². The van der Waals surface area contributed by atoms with Crippen molar-refractivity contribution in [3.63, 3.8) is 0 Å². The molecule has 1 N–H and O–H groups in total. The third kappa shape index (κ3) is 4.87. The second kappa shape index (κ2) is 10.2. The van der Waals surface area contributed by atoms with E-state index < -0.39 is 6.04 Å². The summed E-state index contributed by atoms with van der Waals surface area (Å²) in [6.45, 7) is 2.78. The van der Waals surface area contributed by atoms with Gasteiger partial charge in [0, 0.05) is 30.1 Å². The van der Waals surface area contributed by atoms with Crippen LogP contribution in [0.5, 0.6) is 0 Å². The number of benzene rings is 2. The van der Waals surface area contributed by atoms with Crippen LogP contribution in [0.3, 0.4) is 0 Å². The molecule has 0 fully saturated rings. The first kappa shape index (κ1) is 23.2. The minimum Gasteiger partial charge on any atom is -0.383 e. The summed E-state index contributed by atoms with van der Waals surface area (Å²) in [4.78, 5) is 17.7. The molecule has 0 spiro atoms. The second-order valence-electron chi connectivity index (χ2n) is 6.74. The number of methoxy groups -OCH3 is 1. The average molecular weight is 489 g/mol. The van der Waals surface area contributed by atoms with Gasteiger partial charge >= 0.3 is 0 Å². The molecule has 5 nitrogen and oxygen atoms in total. The van der Waals surface area contributed by atoms with Crippen LogP contribution in [0.1, 0.15) is 30.8 Å². The third-order valence-electron chi connectivity index (χ3n) is 4.81. The minimum absolute atomic E-state index is 0.133. The van der Waals surface area contributed by atoms with Crippen molar-refractivity contribution in [1.82, 2.24) is 14.9 Å². The lowest BCUT2D eigenvalue weighted by atomic mass is 10.1. The zero-order valence-corrected chi connectivity index (χ0v) is 19.5. The van der Waals surface area contributed by atoms with Gasteiger partial charge in [0.2, 0.25) is 5.91 Å². The van der Waals surface area contributed by atoms with Crippen LogP contribution in [0.4, 0.5) is 0 Å². The zero-order chi connectivity index (χ0) is 21.8. The van der Waals surface area contributed by atoms with E-state index in [1.807, 2.05) is 11.5 Å². The van der Waals surface area contributed by atoms with Gasteiger partial charge in [0.05, 0.1) is 27.7 Å². The molecule has 0 saturated heterocycles. The molecule has 160 valence electrons. The van der Waals surface area contributed by atoms with Gasteiger partial charge in [0.15, 0.2) is 0 Å². The zero-order valence-electron chi connectivity index (χ0n) is 16.5. The summed E-state index contributed by atoms with van der Waals surface area (Å²) in [7, 11) is 1.59. The summed E-state index contributed by atoms with van der Waals surface area (Å²) in [5.41, 5.74) is 2.10. The monoisotopic (exact) mass is 487 g/mol. The van der Waals surface area contributed by atoms with Crippen LogP contribution in [-0.4, -0.2) is 35.7 Å². The fraction of sp³-hybridized carbons (Fsp3) is 0.333. The fourth-order valence-corrected chi connectivity index (χ4v) is 4.20. The van der Waals surface area contributed by atoms with Crippen LogP contribution in [-0.2, 0) is 16.0 Å². The number of rotatable bonds is 8. The van der Waals surface area contributed by atoms with Gasteiger partial charge < -0.3 is 14.6 Å². The van der Waals surface area contributed by atoms with E-state index in [4.69, 9.17) is 56.1 Å². The summed E-state index contributed by atoms with van der Waals surface area (Å²) in [5, 5.41) is 4.77. The summed E-state index contributed by atoms with van der Waals surface area (Å²) in [5.74, 6) is 0.513. The maximum absolute atomic E-state index is 13.0. The number of nitrogens with zero attached hydrogens (tertiary/aromatic N) is 2. The Kier molecular flexibility index (Phi) is 7.88. The smallest absolute Gasteiger partial charge is 0.243 e. The number of hydrogen-bond donors (Lipinski definition) is 1. The summed E-state index contributed by atoms with van der Waals surface area (Å²) in [6.07, 6.45) is 0.901. The Hall–Kier alpha value is -1.50. The van der Waals surface area contributed by atoms with E-state index in [0.717, 1.165) is 11.1 Å². The molecule has 0 aliphatic rings. The Morgan fingerprint density at radius 2 is 1.80 bits per heavy atom. The van der Waals surface area contributed by atoms with Crippen LogP contribution in [0, 0.1) is 0 Å². The Morgan fingerprint density at radius 3 is 2.43 bits per heavy atom. The first-order valence-corrected chi connectivity index (χ1v) is 10.9. The number of amides is 1. The normalized spacial score (nSPS) is 12.3. The summed E-state index contributed by atoms with van der Waals surface area (Å²) >= 11 is 25.2. The van der Waals surface area contributed by atoms with Gasteiger partial charge in [-0.05, 0) is 36.2 Å². The molecule has 1 amide bonds. The molecular formula is C21H21Cl4N3O2. The van der Waals surface area contributed by atoms with Crippen LogP contribution in [0.25, 0.3) is 11.0 Å². The molecule has 2 aromatic carbocycles. The largest absolute Gasteiger partial charge is 0.383 e. The molecule has 3 aromatic rings. The van der Waals surface area contributed by atoms with Gasteiger partial charge in [-0.1, -0.05) is 59.4 Å². The molecule has 1 heterocycles. The average Bonchev–Trinajstić information content (AvgIpc) is 3.03. The Labute approximate surface area is 195 Å². The van der Waals surface area contributed by atoms with E-state index in [1.54, 1.807) is 37.4 Å². The van der Waals surface area contributed by atoms with E-state index in [-0.39, 0.29) is 5.91 Å². The topological polar surface area (TPSA) is 56.1 Å². The molecule has 0 bridgehead atoms. The fourth-order valence-electron chi connectivity index (χ4n) is 3.35. The molecule has 3 rings (SSSR count). The van der Waals surface area contributed by atoms with E-state index in [9.17, 15) is 4.79 Å². The van der Waals surface area contributed by atoms with Crippen LogP contribution in [0.2, 0.25) is 20.1 Å². The summed E-state index contributed by atoms with van der Waals surface area (Å²) in [6, 6.07) is 8.27. The highest BCUT2D eigenvalue weighted by molar-refractivity contribution is 6.42. The van der Waals surface area contributed by atoms with Gasteiger partial charge in [-0.15, -0.1) is 0 Å². The molecule has 0 aliphatic heterocycles. The summed E-state index contributed by atoms with van der Waals surface area (Å²) < 4.78 is 6.92. The highest BCUT2D eigenvalue weighted by atomic mass is 35.5. The number of ether oxygens (including phenoxy) is 1.